The molecule has 2 aliphatic rings. The van der Waals surface area contributed by atoms with E-state index < -0.39 is 9.28 Å². The number of unbranched alkanes of at least 4 members (excludes halogenated alkanes) is 1. The molecule has 2 aliphatic heterocycles. The van der Waals surface area contributed by atoms with Crippen molar-refractivity contribution in [2.45, 2.75) is 45.2 Å². The van der Waals surface area contributed by atoms with Gasteiger partial charge >= 0.3 is 9.28 Å². The largest absolute Gasteiger partial charge is 0.397 e. The summed E-state index contributed by atoms with van der Waals surface area (Å²) in [5.41, 5.74) is 0. The molecule has 2 rings (SSSR count). The van der Waals surface area contributed by atoms with E-state index in [2.05, 4.69) is 4.90 Å². The standard InChI is InChI=1S/C12H25NO4Si/c1-3-16-18(17-4-2)8-6-5-7-13(11-9-14-11)12-10-15-12/h11-12,18H,3-10H2,1-2H3. The van der Waals surface area contributed by atoms with Crippen molar-refractivity contribution in [1.82, 2.24) is 4.90 Å². The van der Waals surface area contributed by atoms with Gasteiger partial charge in [-0.1, -0.05) is 6.42 Å². The van der Waals surface area contributed by atoms with E-state index in [4.69, 9.17) is 18.3 Å². The lowest BCUT2D eigenvalue weighted by Gasteiger charge is -2.18. The van der Waals surface area contributed by atoms with Crippen LogP contribution in [0.2, 0.25) is 6.04 Å². The van der Waals surface area contributed by atoms with Crippen LogP contribution in [-0.4, -0.2) is 59.6 Å². The van der Waals surface area contributed by atoms with Crippen LogP contribution in [0.25, 0.3) is 0 Å². The topological polar surface area (TPSA) is 46.8 Å². The maximum atomic E-state index is 5.66. The summed E-state index contributed by atoms with van der Waals surface area (Å²) in [5.74, 6) is 0. The van der Waals surface area contributed by atoms with Gasteiger partial charge in [-0.2, -0.15) is 0 Å². The highest BCUT2D eigenvalue weighted by atomic mass is 28.3. The van der Waals surface area contributed by atoms with Gasteiger partial charge in [0.1, 0.15) is 12.5 Å². The third kappa shape index (κ3) is 4.95. The molecular weight excluding hydrogens is 250 g/mol. The van der Waals surface area contributed by atoms with Crippen LogP contribution in [0, 0.1) is 0 Å². The lowest BCUT2D eigenvalue weighted by Crippen LogP contribution is -2.31. The normalized spacial score (nSPS) is 26.0. The molecule has 2 unspecified atom stereocenters. The molecule has 0 aromatic carbocycles. The van der Waals surface area contributed by atoms with Gasteiger partial charge in [-0.05, 0) is 26.3 Å². The average Bonchev–Trinajstić information content (AvgIpc) is 3.23. The maximum absolute atomic E-state index is 5.66. The molecule has 0 spiro atoms. The van der Waals surface area contributed by atoms with Crippen molar-refractivity contribution in [3.63, 3.8) is 0 Å². The average molecular weight is 275 g/mol. The maximum Gasteiger partial charge on any atom is 0.321 e. The Bertz CT molecular complexity index is 218. The van der Waals surface area contributed by atoms with Crippen LogP contribution in [0.3, 0.4) is 0 Å². The molecule has 0 aliphatic carbocycles. The fraction of sp³-hybridized carbons (Fsp3) is 1.00. The van der Waals surface area contributed by atoms with Gasteiger partial charge in [-0.25, -0.2) is 4.90 Å². The number of nitrogens with zero attached hydrogens (tertiary/aromatic N) is 1. The zero-order chi connectivity index (χ0) is 12.8. The SMILES string of the molecule is CCO[SiH](CCCCN(C1CO1)C1CO1)OCC. The van der Waals surface area contributed by atoms with Crippen LogP contribution in [0.4, 0.5) is 0 Å². The van der Waals surface area contributed by atoms with Gasteiger partial charge in [0.15, 0.2) is 0 Å². The molecule has 5 nitrogen and oxygen atoms in total. The first kappa shape index (κ1) is 14.4. The van der Waals surface area contributed by atoms with E-state index in [1.807, 2.05) is 13.8 Å². The monoisotopic (exact) mass is 275 g/mol. The quantitative estimate of drug-likeness (QED) is 0.321. The van der Waals surface area contributed by atoms with Gasteiger partial charge in [0.05, 0.1) is 13.2 Å². The van der Waals surface area contributed by atoms with Crippen molar-refractivity contribution in [2.75, 3.05) is 33.0 Å². The summed E-state index contributed by atoms with van der Waals surface area (Å²) >= 11 is 0. The van der Waals surface area contributed by atoms with Crippen molar-refractivity contribution in [3.05, 3.63) is 0 Å². The molecule has 106 valence electrons. The summed E-state index contributed by atoms with van der Waals surface area (Å²) in [7, 11) is -1.40. The van der Waals surface area contributed by atoms with Crippen LogP contribution >= 0.6 is 0 Å². The van der Waals surface area contributed by atoms with Crippen LogP contribution in [0.1, 0.15) is 26.7 Å². The molecule has 18 heavy (non-hydrogen) atoms. The lowest BCUT2D eigenvalue weighted by atomic mass is 10.3. The van der Waals surface area contributed by atoms with E-state index in [0.717, 1.165) is 39.0 Å². The summed E-state index contributed by atoms with van der Waals surface area (Å²) in [4.78, 5) is 2.33. The van der Waals surface area contributed by atoms with E-state index in [0.29, 0.717) is 12.5 Å². The molecule has 2 atom stereocenters. The Labute approximate surface area is 111 Å². The second-order valence-electron chi connectivity index (χ2n) is 4.65. The number of epoxide rings is 2. The minimum Gasteiger partial charge on any atom is -0.397 e. The highest BCUT2D eigenvalue weighted by molar-refractivity contribution is 6.44. The summed E-state index contributed by atoms with van der Waals surface area (Å²) in [6, 6.07) is 1.10. The minimum absolute atomic E-state index is 0.323. The molecule has 2 fully saturated rings. The first-order chi connectivity index (χ1) is 8.85. The van der Waals surface area contributed by atoms with Crippen LogP contribution in [-0.2, 0) is 18.3 Å². The summed E-state index contributed by atoms with van der Waals surface area (Å²) in [6.45, 7) is 8.42. The highest BCUT2D eigenvalue weighted by Gasteiger charge is 2.41. The van der Waals surface area contributed by atoms with Gasteiger partial charge < -0.3 is 18.3 Å². The van der Waals surface area contributed by atoms with Gasteiger partial charge in [-0.3, -0.25) is 0 Å². The predicted octanol–water partition coefficient (Wildman–Crippen LogP) is 1.07. The Morgan fingerprint density at radius 3 is 2.06 bits per heavy atom. The first-order valence-electron chi connectivity index (χ1n) is 7.07. The molecule has 0 bridgehead atoms. The van der Waals surface area contributed by atoms with Crippen molar-refractivity contribution in [2.24, 2.45) is 0 Å². The molecule has 0 N–H and O–H groups in total. The smallest absolute Gasteiger partial charge is 0.321 e. The van der Waals surface area contributed by atoms with Crippen LogP contribution in [0.5, 0.6) is 0 Å². The third-order valence-electron chi connectivity index (χ3n) is 3.18. The fourth-order valence-corrected chi connectivity index (χ4v) is 3.93. The van der Waals surface area contributed by atoms with Crippen LogP contribution in [0.15, 0.2) is 0 Å². The fourth-order valence-electron chi connectivity index (χ4n) is 2.13. The van der Waals surface area contributed by atoms with Crippen molar-refractivity contribution < 1.29 is 18.3 Å². The van der Waals surface area contributed by atoms with Crippen molar-refractivity contribution in [1.29, 1.82) is 0 Å². The number of rotatable bonds is 11. The molecule has 2 saturated heterocycles. The Balaban J connectivity index is 1.55. The van der Waals surface area contributed by atoms with Gasteiger partial charge in [-0.15, -0.1) is 0 Å². The lowest BCUT2D eigenvalue weighted by molar-refractivity contribution is 0.111. The number of ether oxygens (including phenoxy) is 2. The third-order valence-corrected chi connectivity index (χ3v) is 5.47. The van der Waals surface area contributed by atoms with E-state index >= 15 is 0 Å². The van der Waals surface area contributed by atoms with E-state index in [9.17, 15) is 0 Å². The Morgan fingerprint density at radius 2 is 1.61 bits per heavy atom. The second kappa shape index (κ2) is 7.57. The molecular formula is C12H25NO4Si. The molecule has 0 aromatic rings. The molecule has 0 amide bonds. The Morgan fingerprint density at radius 1 is 1.06 bits per heavy atom. The summed E-state index contributed by atoms with van der Waals surface area (Å²) in [6.07, 6.45) is 2.99. The summed E-state index contributed by atoms with van der Waals surface area (Å²) < 4.78 is 22.0. The molecule has 0 saturated carbocycles. The van der Waals surface area contributed by atoms with E-state index in [1.54, 1.807) is 0 Å². The first-order valence-corrected chi connectivity index (χ1v) is 8.83. The van der Waals surface area contributed by atoms with Gasteiger partial charge in [0, 0.05) is 19.8 Å². The number of hydrogen-bond donors (Lipinski definition) is 0. The Hall–Kier alpha value is 0.0169. The molecule has 0 aromatic heterocycles. The number of hydrogen-bond acceptors (Lipinski definition) is 5. The van der Waals surface area contributed by atoms with Gasteiger partial charge in [0.2, 0.25) is 0 Å². The second-order valence-corrected chi connectivity index (χ2v) is 6.75. The molecule has 6 heteroatoms. The zero-order valence-electron chi connectivity index (χ0n) is 11.5. The summed E-state index contributed by atoms with van der Waals surface area (Å²) in [5, 5.41) is 0. The van der Waals surface area contributed by atoms with Crippen molar-refractivity contribution >= 4 is 9.28 Å². The minimum atomic E-state index is -1.40. The molecule has 2 heterocycles. The van der Waals surface area contributed by atoms with Gasteiger partial charge in [0.25, 0.3) is 0 Å². The zero-order valence-corrected chi connectivity index (χ0v) is 12.6. The van der Waals surface area contributed by atoms with Crippen LogP contribution < -0.4 is 0 Å². The predicted molar refractivity (Wildman–Crippen MR) is 70.6 cm³/mol. The van der Waals surface area contributed by atoms with Crippen molar-refractivity contribution in [3.8, 4) is 0 Å². The highest BCUT2D eigenvalue weighted by Crippen LogP contribution is 2.26. The molecule has 0 radical (unpaired) electrons. The van der Waals surface area contributed by atoms with E-state index in [1.165, 1.54) is 12.8 Å². The van der Waals surface area contributed by atoms with E-state index in [-0.39, 0.29) is 0 Å². The Kier molecular flexibility index (Phi) is 6.07.